The van der Waals surface area contributed by atoms with Gasteiger partial charge >= 0.3 is 11.9 Å². The number of ether oxygens (including phenoxy) is 2. The molecule has 26 heavy (non-hydrogen) atoms. The summed E-state index contributed by atoms with van der Waals surface area (Å²) in [6, 6.07) is 11.0. The van der Waals surface area contributed by atoms with Gasteiger partial charge in [-0.2, -0.15) is 0 Å². The quantitative estimate of drug-likeness (QED) is 0.361. The Kier molecular flexibility index (Phi) is 5.38. The Hall–Kier alpha value is -2.25. The molecule has 0 spiro atoms. The molecule has 0 fully saturated rings. The minimum Gasteiger partial charge on any atom is -0.424 e. The third kappa shape index (κ3) is 4.11. The molecule has 0 amide bonds. The molecular formula is C19H13Br2NO4. The standard InChI is InChI=1S/C19H13Br2NO4/c1-10-4-3-5-13(6-10)18-22-16(19(24)26-18)9-12-7-14(20)17(15(21)8-12)25-11(2)23/h3-9H,1-2H3/b16-9-. The van der Waals surface area contributed by atoms with E-state index in [9.17, 15) is 9.59 Å². The first-order valence-corrected chi connectivity index (χ1v) is 9.19. The number of hydrogen-bond acceptors (Lipinski definition) is 5. The average Bonchev–Trinajstić information content (AvgIpc) is 2.92. The molecule has 2 aromatic rings. The molecule has 0 saturated heterocycles. The van der Waals surface area contributed by atoms with Crippen molar-refractivity contribution >= 4 is 55.8 Å². The summed E-state index contributed by atoms with van der Waals surface area (Å²) in [5.41, 5.74) is 2.68. The van der Waals surface area contributed by atoms with Gasteiger partial charge in [-0.3, -0.25) is 4.79 Å². The van der Waals surface area contributed by atoms with E-state index in [1.54, 1.807) is 18.2 Å². The Balaban J connectivity index is 1.94. The number of cyclic esters (lactones) is 1. The van der Waals surface area contributed by atoms with Gasteiger partial charge in [0.2, 0.25) is 5.90 Å². The van der Waals surface area contributed by atoms with Crippen molar-refractivity contribution in [2.45, 2.75) is 13.8 Å². The summed E-state index contributed by atoms with van der Waals surface area (Å²) in [6.45, 7) is 3.28. The maximum atomic E-state index is 12.1. The smallest absolute Gasteiger partial charge is 0.363 e. The fraction of sp³-hybridized carbons (Fsp3) is 0.105. The van der Waals surface area contributed by atoms with Crippen LogP contribution in [-0.4, -0.2) is 17.8 Å². The van der Waals surface area contributed by atoms with E-state index in [0.29, 0.717) is 20.3 Å². The molecule has 0 aliphatic carbocycles. The van der Waals surface area contributed by atoms with Gasteiger partial charge in [0.15, 0.2) is 11.4 Å². The summed E-state index contributed by atoms with van der Waals surface area (Å²) < 4.78 is 11.6. The van der Waals surface area contributed by atoms with E-state index in [1.807, 2.05) is 31.2 Å². The summed E-state index contributed by atoms with van der Waals surface area (Å²) in [6.07, 6.45) is 1.61. The van der Waals surface area contributed by atoms with E-state index >= 15 is 0 Å². The molecule has 0 atom stereocenters. The number of carbonyl (C=O) groups excluding carboxylic acids is 2. The van der Waals surface area contributed by atoms with Gasteiger partial charge in [0.1, 0.15) is 0 Å². The Morgan fingerprint density at radius 3 is 2.50 bits per heavy atom. The van der Waals surface area contributed by atoms with Gasteiger partial charge < -0.3 is 9.47 Å². The summed E-state index contributed by atoms with van der Waals surface area (Å²) in [4.78, 5) is 27.6. The number of rotatable bonds is 3. The number of esters is 2. The summed E-state index contributed by atoms with van der Waals surface area (Å²) >= 11 is 6.72. The Labute approximate surface area is 167 Å². The van der Waals surface area contributed by atoms with Gasteiger partial charge in [0.05, 0.1) is 8.95 Å². The molecule has 0 radical (unpaired) electrons. The molecule has 0 bridgehead atoms. The Morgan fingerprint density at radius 1 is 1.19 bits per heavy atom. The van der Waals surface area contributed by atoms with Crippen LogP contribution in [0.3, 0.4) is 0 Å². The van der Waals surface area contributed by atoms with Crippen LogP contribution in [0.25, 0.3) is 6.08 Å². The molecule has 2 aromatic carbocycles. The van der Waals surface area contributed by atoms with Gasteiger partial charge in [0, 0.05) is 12.5 Å². The van der Waals surface area contributed by atoms with Crippen LogP contribution >= 0.6 is 31.9 Å². The zero-order chi connectivity index (χ0) is 18.8. The monoisotopic (exact) mass is 477 g/mol. The van der Waals surface area contributed by atoms with E-state index in [0.717, 1.165) is 11.1 Å². The normalized spacial score (nSPS) is 15.0. The van der Waals surface area contributed by atoms with Crippen molar-refractivity contribution in [3.63, 3.8) is 0 Å². The number of hydrogen-bond donors (Lipinski definition) is 0. The van der Waals surface area contributed by atoms with Gasteiger partial charge in [-0.15, -0.1) is 0 Å². The molecule has 5 nitrogen and oxygen atoms in total. The van der Waals surface area contributed by atoms with Crippen molar-refractivity contribution in [2.75, 3.05) is 0 Å². The van der Waals surface area contributed by atoms with E-state index in [4.69, 9.17) is 9.47 Å². The molecule has 1 aliphatic rings. The predicted molar refractivity (Wildman–Crippen MR) is 105 cm³/mol. The maximum absolute atomic E-state index is 12.1. The van der Waals surface area contributed by atoms with E-state index in [2.05, 4.69) is 36.9 Å². The van der Waals surface area contributed by atoms with Crippen LogP contribution < -0.4 is 4.74 Å². The first-order chi connectivity index (χ1) is 12.3. The topological polar surface area (TPSA) is 65.0 Å². The number of aryl methyl sites for hydroxylation is 1. The molecule has 0 unspecified atom stereocenters. The van der Waals surface area contributed by atoms with Gasteiger partial charge in [0.25, 0.3) is 0 Å². The van der Waals surface area contributed by atoms with Crippen molar-refractivity contribution in [3.05, 3.63) is 67.7 Å². The fourth-order valence-corrected chi connectivity index (χ4v) is 3.76. The largest absolute Gasteiger partial charge is 0.424 e. The maximum Gasteiger partial charge on any atom is 0.363 e. The molecule has 3 rings (SSSR count). The highest BCUT2D eigenvalue weighted by atomic mass is 79.9. The van der Waals surface area contributed by atoms with Crippen LogP contribution in [0, 0.1) is 6.92 Å². The number of halogens is 2. The molecule has 0 N–H and O–H groups in total. The van der Waals surface area contributed by atoms with E-state index in [1.165, 1.54) is 6.92 Å². The summed E-state index contributed by atoms with van der Waals surface area (Å²) in [5, 5.41) is 0. The lowest BCUT2D eigenvalue weighted by atomic mass is 10.1. The Morgan fingerprint density at radius 2 is 1.88 bits per heavy atom. The van der Waals surface area contributed by atoms with Crippen LogP contribution in [-0.2, 0) is 14.3 Å². The van der Waals surface area contributed by atoms with Crippen molar-refractivity contribution in [1.82, 2.24) is 0 Å². The SMILES string of the molecule is CC(=O)Oc1c(Br)cc(/C=C2\N=C(c3cccc(C)c3)OC2=O)cc1Br. The number of nitrogens with zero attached hydrogens (tertiary/aromatic N) is 1. The second kappa shape index (κ2) is 7.55. The average molecular weight is 479 g/mol. The van der Waals surface area contributed by atoms with Crippen LogP contribution in [0.4, 0.5) is 0 Å². The van der Waals surface area contributed by atoms with Gasteiger partial charge in [-0.05, 0) is 74.7 Å². The molecule has 1 aliphatic heterocycles. The third-order valence-corrected chi connectivity index (χ3v) is 4.63. The molecule has 0 aromatic heterocycles. The molecule has 132 valence electrons. The van der Waals surface area contributed by atoms with Crippen LogP contribution in [0.5, 0.6) is 5.75 Å². The first-order valence-electron chi connectivity index (χ1n) is 7.60. The second-order valence-electron chi connectivity index (χ2n) is 5.61. The zero-order valence-electron chi connectivity index (χ0n) is 13.9. The van der Waals surface area contributed by atoms with Gasteiger partial charge in [-0.25, -0.2) is 9.79 Å². The first kappa shape index (κ1) is 18.5. The molecular weight excluding hydrogens is 466 g/mol. The lowest BCUT2D eigenvalue weighted by Crippen LogP contribution is -2.05. The molecule has 1 heterocycles. The predicted octanol–water partition coefficient (Wildman–Crippen LogP) is 4.79. The van der Waals surface area contributed by atoms with Crippen molar-refractivity contribution in [3.8, 4) is 5.75 Å². The summed E-state index contributed by atoms with van der Waals surface area (Å²) in [7, 11) is 0. The summed E-state index contributed by atoms with van der Waals surface area (Å²) in [5.74, 6) is -0.292. The fourth-order valence-electron chi connectivity index (χ4n) is 2.37. The van der Waals surface area contributed by atoms with Gasteiger partial charge in [-0.1, -0.05) is 17.7 Å². The van der Waals surface area contributed by atoms with Crippen molar-refractivity contribution in [1.29, 1.82) is 0 Å². The van der Waals surface area contributed by atoms with Crippen molar-refractivity contribution < 1.29 is 19.1 Å². The van der Waals surface area contributed by atoms with Crippen LogP contribution in [0.1, 0.15) is 23.6 Å². The number of benzene rings is 2. The highest BCUT2D eigenvalue weighted by Gasteiger charge is 2.24. The molecule has 7 heteroatoms. The minimum absolute atomic E-state index is 0.195. The number of aliphatic imine (C=N–C) groups is 1. The van der Waals surface area contributed by atoms with Crippen LogP contribution in [0.2, 0.25) is 0 Å². The zero-order valence-corrected chi connectivity index (χ0v) is 17.0. The molecule has 0 saturated carbocycles. The lowest BCUT2D eigenvalue weighted by molar-refractivity contribution is -0.132. The number of carbonyl (C=O) groups is 2. The third-order valence-electron chi connectivity index (χ3n) is 3.46. The van der Waals surface area contributed by atoms with Crippen molar-refractivity contribution in [2.24, 2.45) is 4.99 Å². The van der Waals surface area contributed by atoms with E-state index < -0.39 is 11.9 Å². The Bertz CT molecular complexity index is 956. The second-order valence-corrected chi connectivity index (χ2v) is 7.32. The van der Waals surface area contributed by atoms with E-state index in [-0.39, 0.29) is 11.6 Å². The van der Waals surface area contributed by atoms with Crippen LogP contribution in [0.15, 0.2) is 56.0 Å². The highest BCUT2D eigenvalue weighted by molar-refractivity contribution is 9.11. The highest BCUT2D eigenvalue weighted by Crippen LogP contribution is 2.36. The minimum atomic E-state index is -0.516. The lowest BCUT2D eigenvalue weighted by Gasteiger charge is -2.08.